The molecule has 0 aliphatic rings. The van der Waals surface area contributed by atoms with Crippen molar-refractivity contribution in [3.8, 4) is 0 Å². The molecule has 1 aromatic rings. The Morgan fingerprint density at radius 1 is 1.33 bits per heavy atom. The van der Waals surface area contributed by atoms with Gasteiger partial charge in [-0.05, 0) is 18.2 Å². The van der Waals surface area contributed by atoms with Crippen molar-refractivity contribution >= 4 is 16.0 Å². The molecule has 0 heterocycles. The fraction of sp³-hybridized carbons (Fsp3) is 0.300. The first-order valence-corrected chi connectivity index (χ1v) is 6.38. The maximum atomic E-state index is 13.2. The number of primary sulfonamides is 1. The number of benzene rings is 1. The van der Waals surface area contributed by atoms with E-state index in [1.807, 2.05) is 0 Å². The topological polar surface area (TPSA) is 95.7 Å². The molecule has 0 saturated heterocycles. The summed E-state index contributed by atoms with van der Waals surface area (Å²) in [6.45, 7) is 0.166. The number of sulfonamides is 1. The van der Waals surface area contributed by atoms with E-state index in [0.29, 0.717) is 0 Å². The third-order valence-electron chi connectivity index (χ3n) is 1.96. The Hall–Kier alpha value is -1.51. The molecule has 0 saturated carbocycles. The van der Waals surface area contributed by atoms with Gasteiger partial charge >= 0.3 is 5.97 Å². The second-order valence-electron chi connectivity index (χ2n) is 3.35. The number of ether oxygens (including phenoxy) is 2. The van der Waals surface area contributed by atoms with Crippen LogP contribution in [0, 0.1) is 5.82 Å². The first-order chi connectivity index (χ1) is 8.34. The quantitative estimate of drug-likeness (QED) is 0.616. The summed E-state index contributed by atoms with van der Waals surface area (Å²) in [7, 11) is -2.65. The van der Waals surface area contributed by atoms with Crippen LogP contribution in [0.15, 0.2) is 23.1 Å². The zero-order valence-corrected chi connectivity index (χ0v) is 10.4. The lowest BCUT2D eigenvalue weighted by Crippen LogP contribution is -2.15. The molecule has 0 unspecified atom stereocenters. The molecule has 0 aromatic heterocycles. The second-order valence-corrected chi connectivity index (χ2v) is 4.91. The Labute approximate surface area is 104 Å². The number of hydrogen-bond acceptors (Lipinski definition) is 5. The van der Waals surface area contributed by atoms with Crippen LogP contribution < -0.4 is 5.14 Å². The number of methoxy groups -OCH3 is 1. The van der Waals surface area contributed by atoms with E-state index in [1.54, 1.807) is 0 Å². The standard InChI is InChI=1S/C10H12FNO5S/c1-16-2-3-17-10(13)7-4-8(11)6-9(5-7)18(12,14)15/h4-6H,2-3H2,1H3,(H2,12,14,15). The van der Waals surface area contributed by atoms with Gasteiger partial charge in [0.25, 0.3) is 0 Å². The predicted molar refractivity (Wildman–Crippen MR) is 59.9 cm³/mol. The van der Waals surface area contributed by atoms with Gasteiger partial charge in [0.1, 0.15) is 12.4 Å². The molecule has 6 nitrogen and oxygen atoms in total. The molecule has 100 valence electrons. The van der Waals surface area contributed by atoms with Crippen LogP contribution in [0.3, 0.4) is 0 Å². The van der Waals surface area contributed by atoms with Gasteiger partial charge in [-0.1, -0.05) is 0 Å². The van der Waals surface area contributed by atoms with Gasteiger partial charge < -0.3 is 9.47 Å². The van der Waals surface area contributed by atoms with Crippen molar-refractivity contribution < 1.29 is 27.1 Å². The third-order valence-corrected chi connectivity index (χ3v) is 2.85. The minimum absolute atomic E-state index is 0.0173. The zero-order valence-electron chi connectivity index (χ0n) is 9.55. The van der Waals surface area contributed by atoms with E-state index in [4.69, 9.17) is 9.88 Å². The Morgan fingerprint density at radius 3 is 2.56 bits per heavy atom. The minimum atomic E-state index is -4.08. The van der Waals surface area contributed by atoms with Gasteiger partial charge in [0.05, 0.1) is 17.1 Å². The first-order valence-electron chi connectivity index (χ1n) is 4.84. The highest BCUT2D eigenvalue weighted by atomic mass is 32.2. The summed E-state index contributed by atoms with van der Waals surface area (Å²) < 4.78 is 44.7. The molecule has 0 bridgehead atoms. The molecular weight excluding hydrogens is 265 g/mol. The average Bonchev–Trinajstić information content (AvgIpc) is 2.27. The van der Waals surface area contributed by atoms with E-state index in [0.717, 1.165) is 18.2 Å². The number of carbonyl (C=O) groups excluding carboxylic acids is 1. The molecule has 18 heavy (non-hydrogen) atoms. The Balaban J connectivity index is 2.96. The maximum absolute atomic E-state index is 13.2. The van der Waals surface area contributed by atoms with E-state index in [9.17, 15) is 17.6 Å². The number of esters is 1. The monoisotopic (exact) mass is 277 g/mol. The Bertz CT molecular complexity index is 543. The summed E-state index contributed by atoms with van der Waals surface area (Å²) in [4.78, 5) is 11.0. The summed E-state index contributed by atoms with van der Waals surface area (Å²) in [5.41, 5.74) is -0.227. The van der Waals surface area contributed by atoms with E-state index < -0.39 is 26.7 Å². The van der Waals surface area contributed by atoms with Gasteiger partial charge in [0, 0.05) is 7.11 Å². The van der Waals surface area contributed by atoms with E-state index in [2.05, 4.69) is 4.74 Å². The molecular formula is C10H12FNO5S. The molecule has 0 aliphatic carbocycles. The van der Waals surface area contributed by atoms with Crippen molar-refractivity contribution in [1.29, 1.82) is 0 Å². The fourth-order valence-electron chi connectivity index (χ4n) is 1.15. The van der Waals surface area contributed by atoms with Crippen LogP contribution in [0.4, 0.5) is 4.39 Å². The summed E-state index contributed by atoms with van der Waals surface area (Å²) in [6.07, 6.45) is 0. The molecule has 0 radical (unpaired) electrons. The van der Waals surface area contributed by atoms with E-state index in [1.165, 1.54) is 7.11 Å². The molecule has 0 amide bonds. The van der Waals surface area contributed by atoms with Crippen molar-refractivity contribution in [2.24, 2.45) is 5.14 Å². The highest BCUT2D eigenvalue weighted by Crippen LogP contribution is 2.14. The number of hydrogen-bond donors (Lipinski definition) is 1. The van der Waals surface area contributed by atoms with Gasteiger partial charge in [-0.25, -0.2) is 22.7 Å². The molecule has 0 fully saturated rings. The lowest BCUT2D eigenvalue weighted by atomic mass is 10.2. The van der Waals surface area contributed by atoms with Crippen LogP contribution in [0.1, 0.15) is 10.4 Å². The smallest absolute Gasteiger partial charge is 0.338 e. The average molecular weight is 277 g/mol. The Kier molecular flexibility index (Phi) is 4.76. The molecule has 0 aliphatic heterocycles. The first kappa shape index (κ1) is 14.6. The molecule has 0 spiro atoms. The molecule has 0 atom stereocenters. The van der Waals surface area contributed by atoms with Crippen molar-refractivity contribution in [1.82, 2.24) is 0 Å². The van der Waals surface area contributed by atoms with Crippen LogP contribution in [0.2, 0.25) is 0 Å². The Morgan fingerprint density at radius 2 is 2.00 bits per heavy atom. The van der Waals surface area contributed by atoms with Crippen molar-refractivity contribution in [3.05, 3.63) is 29.6 Å². The van der Waals surface area contributed by atoms with Crippen LogP contribution in [-0.4, -0.2) is 34.7 Å². The molecule has 1 aromatic carbocycles. The van der Waals surface area contributed by atoms with Crippen LogP contribution in [0.5, 0.6) is 0 Å². The fourth-order valence-corrected chi connectivity index (χ4v) is 1.71. The van der Waals surface area contributed by atoms with Crippen molar-refractivity contribution in [3.63, 3.8) is 0 Å². The van der Waals surface area contributed by atoms with Gasteiger partial charge in [-0.15, -0.1) is 0 Å². The van der Waals surface area contributed by atoms with Crippen molar-refractivity contribution in [2.45, 2.75) is 4.90 Å². The van der Waals surface area contributed by atoms with Crippen LogP contribution in [-0.2, 0) is 19.5 Å². The molecule has 1 rings (SSSR count). The normalized spacial score (nSPS) is 11.3. The summed E-state index contributed by atoms with van der Waals surface area (Å²) >= 11 is 0. The lowest BCUT2D eigenvalue weighted by molar-refractivity contribution is 0.0387. The number of carbonyl (C=O) groups is 1. The predicted octanol–water partition coefficient (Wildman–Crippen LogP) is 0.276. The second kappa shape index (κ2) is 5.89. The summed E-state index contributed by atoms with van der Waals surface area (Å²) in [6, 6.07) is 2.54. The largest absolute Gasteiger partial charge is 0.460 e. The van der Waals surface area contributed by atoms with Gasteiger partial charge in [-0.3, -0.25) is 0 Å². The highest BCUT2D eigenvalue weighted by Gasteiger charge is 2.15. The molecule has 2 N–H and O–H groups in total. The van der Waals surface area contributed by atoms with Gasteiger partial charge in [0.2, 0.25) is 10.0 Å². The van der Waals surface area contributed by atoms with E-state index in [-0.39, 0.29) is 18.8 Å². The lowest BCUT2D eigenvalue weighted by Gasteiger charge is -2.05. The van der Waals surface area contributed by atoms with Gasteiger partial charge in [0.15, 0.2) is 0 Å². The SMILES string of the molecule is COCCOC(=O)c1cc(F)cc(S(N)(=O)=O)c1. The van der Waals surface area contributed by atoms with Crippen LogP contribution in [0.25, 0.3) is 0 Å². The number of nitrogens with two attached hydrogens (primary N) is 1. The van der Waals surface area contributed by atoms with E-state index >= 15 is 0 Å². The summed E-state index contributed by atoms with van der Waals surface area (Å²) in [5.74, 6) is -1.74. The summed E-state index contributed by atoms with van der Waals surface area (Å²) in [5, 5.41) is 4.85. The van der Waals surface area contributed by atoms with Crippen molar-refractivity contribution in [2.75, 3.05) is 20.3 Å². The minimum Gasteiger partial charge on any atom is -0.460 e. The highest BCUT2D eigenvalue weighted by molar-refractivity contribution is 7.89. The number of rotatable bonds is 5. The maximum Gasteiger partial charge on any atom is 0.338 e. The molecule has 8 heteroatoms. The van der Waals surface area contributed by atoms with Gasteiger partial charge in [-0.2, -0.15) is 0 Å². The third kappa shape index (κ3) is 4.06. The van der Waals surface area contributed by atoms with Crippen LogP contribution >= 0.6 is 0 Å². The zero-order chi connectivity index (χ0) is 13.8. The number of halogens is 1.